The van der Waals surface area contributed by atoms with Crippen LogP contribution in [0.3, 0.4) is 0 Å². The predicted octanol–water partition coefficient (Wildman–Crippen LogP) is 3.15. The molecule has 0 amide bonds. The van der Waals surface area contributed by atoms with Gasteiger partial charge in [-0.2, -0.15) is 0 Å². The van der Waals surface area contributed by atoms with Crippen molar-refractivity contribution in [2.45, 2.75) is 23.5 Å². The molecule has 1 aromatic rings. The maximum Gasteiger partial charge on any atom is 0.319 e. The van der Waals surface area contributed by atoms with Gasteiger partial charge in [-0.15, -0.1) is 11.8 Å². The molecule has 0 fully saturated rings. The van der Waals surface area contributed by atoms with Crippen molar-refractivity contribution >= 4 is 46.0 Å². The number of aliphatic carboxylic acids is 1. The van der Waals surface area contributed by atoms with Gasteiger partial charge in [0.05, 0.1) is 4.92 Å². The highest BCUT2D eigenvalue weighted by Gasteiger charge is 2.29. The first-order chi connectivity index (χ1) is 7.74. The van der Waals surface area contributed by atoms with Crippen molar-refractivity contribution in [3.63, 3.8) is 0 Å². The molecule has 0 aliphatic heterocycles. The molecular formula is C10H10INO4S. The van der Waals surface area contributed by atoms with Crippen LogP contribution in [0.15, 0.2) is 23.1 Å². The Morgan fingerprint density at radius 2 is 2.12 bits per heavy atom. The van der Waals surface area contributed by atoms with Gasteiger partial charge in [0.15, 0.2) is 0 Å². The third-order valence-corrected chi connectivity index (χ3v) is 4.53. The molecule has 0 aromatic heterocycles. The summed E-state index contributed by atoms with van der Waals surface area (Å²) in [5.74, 6) is -0.920. The zero-order valence-corrected chi connectivity index (χ0v) is 12.1. The van der Waals surface area contributed by atoms with Gasteiger partial charge < -0.3 is 5.11 Å². The number of carboxylic acids is 1. The fourth-order valence-corrected chi connectivity index (χ4v) is 2.76. The first-order valence-electron chi connectivity index (χ1n) is 4.60. The quantitative estimate of drug-likeness (QED) is 0.383. The lowest BCUT2D eigenvalue weighted by Crippen LogP contribution is -2.27. The molecule has 0 saturated heterocycles. The predicted molar refractivity (Wildman–Crippen MR) is 73.4 cm³/mol. The number of nitro groups is 1. The van der Waals surface area contributed by atoms with E-state index < -0.39 is 15.6 Å². The highest BCUT2D eigenvalue weighted by atomic mass is 127. The highest BCUT2D eigenvalue weighted by Crippen LogP contribution is 2.36. The monoisotopic (exact) mass is 367 g/mol. The van der Waals surface area contributed by atoms with Crippen LogP contribution in [0.5, 0.6) is 0 Å². The standard InChI is InChI=1S/C10H10INO4S/c1-10(2,9(13)14)17-8-4-3-6(12(15)16)5-7(8)11/h3-5H,1-2H3,(H,13,14). The van der Waals surface area contributed by atoms with E-state index in [-0.39, 0.29) is 5.69 Å². The molecule has 0 aliphatic rings. The van der Waals surface area contributed by atoms with Gasteiger partial charge >= 0.3 is 5.97 Å². The Bertz CT molecular complexity index is 475. The van der Waals surface area contributed by atoms with E-state index in [1.165, 1.54) is 23.9 Å². The van der Waals surface area contributed by atoms with E-state index in [9.17, 15) is 14.9 Å². The van der Waals surface area contributed by atoms with E-state index in [0.717, 1.165) is 4.90 Å². The van der Waals surface area contributed by atoms with Gasteiger partial charge in [0, 0.05) is 20.6 Å². The van der Waals surface area contributed by atoms with Gasteiger partial charge in [0.1, 0.15) is 4.75 Å². The van der Waals surface area contributed by atoms with Crippen molar-refractivity contribution in [3.05, 3.63) is 31.9 Å². The highest BCUT2D eigenvalue weighted by molar-refractivity contribution is 14.1. The summed E-state index contributed by atoms with van der Waals surface area (Å²) >= 11 is 3.14. The molecular weight excluding hydrogens is 357 g/mol. The van der Waals surface area contributed by atoms with E-state index in [4.69, 9.17) is 5.11 Å². The number of halogens is 1. The number of hydrogen-bond acceptors (Lipinski definition) is 4. The Hall–Kier alpha value is -0.830. The normalized spacial score (nSPS) is 11.2. The average Bonchev–Trinajstić information content (AvgIpc) is 2.20. The number of nitro benzene ring substituents is 1. The van der Waals surface area contributed by atoms with Crippen molar-refractivity contribution in [1.82, 2.24) is 0 Å². The molecule has 0 heterocycles. The van der Waals surface area contributed by atoms with E-state index in [0.29, 0.717) is 3.57 Å². The SMILES string of the molecule is CC(C)(Sc1ccc([N+](=O)[O-])cc1I)C(=O)O. The zero-order valence-electron chi connectivity index (χ0n) is 9.14. The van der Waals surface area contributed by atoms with Crippen molar-refractivity contribution in [1.29, 1.82) is 0 Å². The molecule has 5 nitrogen and oxygen atoms in total. The van der Waals surface area contributed by atoms with E-state index in [2.05, 4.69) is 0 Å². The van der Waals surface area contributed by atoms with E-state index in [1.54, 1.807) is 19.9 Å². The van der Waals surface area contributed by atoms with Crippen LogP contribution in [-0.4, -0.2) is 20.7 Å². The molecule has 0 bridgehead atoms. The summed E-state index contributed by atoms with van der Waals surface area (Å²) in [5, 5.41) is 19.6. The smallest absolute Gasteiger partial charge is 0.319 e. The minimum Gasteiger partial charge on any atom is -0.480 e. The minimum absolute atomic E-state index is 0.00637. The number of thioether (sulfide) groups is 1. The first kappa shape index (κ1) is 14.2. The second-order valence-corrected chi connectivity index (χ2v) is 6.62. The molecule has 17 heavy (non-hydrogen) atoms. The summed E-state index contributed by atoms with van der Waals surface area (Å²) < 4.78 is -0.285. The Morgan fingerprint density at radius 1 is 1.53 bits per heavy atom. The molecule has 0 atom stereocenters. The Kier molecular flexibility index (Phi) is 4.36. The summed E-state index contributed by atoms with van der Waals surface area (Å²) in [6, 6.07) is 4.39. The van der Waals surface area contributed by atoms with Crippen LogP contribution in [0.1, 0.15) is 13.8 Å². The Morgan fingerprint density at radius 3 is 2.53 bits per heavy atom. The topological polar surface area (TPSA) is 80.4 Å². The van der Waals surface area contributed by atoms with Gasteiger partial charge in [-0.25, -0.2) is 0 Å². The maximum absolute atomic E-state index is 11.0. The van der Waals surface area contributed by atoms with Crippen LogP contribution in [0, 0.1) is 13.7 Å². The lowest BCUT2D eigenvalue weighted by molar-refractivity contribution is -0.385. The third-order valence-electron chi connectivity index (χ3n) is 2.01. The molecule has 7 heteroatoms. The lowest BCUT2D eigenvalue weighted by atomic mass is 10.2. The number of non-ortho nitro benzene ring substituents is 1. The maximum atomic E-state index is 11.0. The molecule has 1 N–H and O–H groups in total. The summed E-state index contributed by atoms with van der Waals surface area (Å²) in [6.45, 7) is 3.19. The van der Waals surface area contributed by atoms with Crippen LogP contribution in [0.4, 0.5) is 5.69 Å². The van der Waals surface area contributed by atoms with Gasteiger partial charge in [0.25, 0.3) is 5.69 Å². The first-order valence-corrected chi connectivity index (χ1v) is 6.50. The largest absolute Gasteiger partial charge is 0.480 e. The zero-order chi connectivity index (χ0) is 13.2. The fourth-order valence-electron chi connectivity index (χ4n) is 1.00. The number of benzene rings is 1. The number of carbonyl (C=O) groups is 1. The van der Waals surface area contributed by atoms with Gasteiger partial charge in [-0.3, -0.25) is 14.9 Å². The second kappa shape index (κ2) is 5.21. The summed E-state index contributed by atoms with van der Waals surface area (Å²) in [5.41, 5.74) is 0.00637. The fraction of sp³-hybridized carbons (Fsp3) is 0.300. The van der Waals surface area contributed by atoms with Gasteiger partial charge in [0.2, 0.25) is 0 Å². The number of hydrogen-bond donors (Lipinski definition) is 1. The number of nitrogens with zero attached hydrogens (tertiary/aromatic N) is 1. The average molecular weight is 367 g/mol. The van der Waals surface area contributed by atoms with Crippen LogP contribution in [0.2, 0.25) is 0 Å². The molecule has 0 radical (unpaired) electrons. The molecule has 0 spiro atoms. The third kappa shape index (κ3) is 3.56. The molecule has 1 rings (SSSR count). The van der Waals surface area contributed by atoms with Gasteiger partial charge in [-0.1, -0.05) is 0 Å². The van der Waals surface area contributed by atoms with Crippen LogP contribution in [0.25, 0.3) is 0 Å². The van der Waals surface area contributed by atoms with Gasteiger partial charge in [-0.05, 0) is 42.5 Å². The summed E-state index contributed by atoms with van der Waals surface area (Å²) in [6.07, 6.45) is 0. The van der Waals surface area contributed by atoms with Crippen LogP contribution >= 0.6 is 34.4 Å². The molecule has 0 unspecified atom stereocenters. The summed E-state index contributed by atoms with van der Waals surface area (Å²) in [4.78, 5) is 21.8. The molecule has 0 saturated carbocycles. The van der Waals surface area contributed by atoms with E-state index >= 15 is 0 Å². The van der Waals surface area contributed by atoms with Crippen molar-refractivity contribution in [2.24, 2.45) is 0 Å². The Labute approximate surface area is 116 Å². The minimum atomic E-state index is -0.962. The molecule has 92 valence electrons. The van der Waals surface area contributed by atoms with Crippen molar-refractivity contribution < 1.29 is 14.8 Å². The molecule has 1 aromatic carbocycles. The summed E-state index contributed by atoms with van der Waals surface area (Å²) in [7, 11) is 0. The Balaban J connectivity index is 3.02. The van der Waals surface area contributed by atoms with Crippen molar-refractivity contribution in [3.8, 4) is 0 Å². The van der Waals surface area contributed by atoms with Crippen molar-refractivity contribution in [2.75, 3.05) is 0 Å². The second-order valence-electron chi connectivity index (χ2n) is 3.79. The number of rotatable bonds is 4. The number of carboxylic acid groups (broad SMARTS) is 1. The van der Waals surface area contributed by atoms with E-state index in [1.807, 2.05) is 22.6 Å². The molecule has 0 aliphatic carbocycles. The van der Waals surface area contributed by atoms with Crippen LogP contribution < -0.4 is 0 Å². The lowest BCUT2D eigenvalue weighted by Gasteiger charge is -2.18. The van der Waals surface area contributed by atoms with Crippen LogP contribution in [-0.2, 0) is 4.79 Å².